The van der Waals surface area contributed by atoms with E-state index >= 15 is 0 Å². The normalized spacial score (nSPS) is 11.5. The van der Waals surface area contributed by atoms with Gasteiger partial charge in [-0.25, -0.2) is 0 Å². The molecule has 0 aromatic heterocycles. The van der Waals surface area contributed by atoms with Crippen LogP contribution in [0.5, 0.6) is 0 Å². The topological polar surface area (TPSA) is 26.0 Å². The Kier molecular flexibility index (Phi) is 4.06. The maximum absolute atomic E-state index is 12.7. The lowest BCUT2D eigenvalue weighted by Crippen LogP contribution is -2.04. The maximum Gasteiger partial charge on any atom is 0.416 e. The summed E-state index contributed by atoms with van der Waals surface area (Å²) in [6, 6.07) is 18.7. The molecule has 3 rings (SSSR count). The molecule has 4 heteroatoms. The van der Waals surface area contributed by atoms with Crippen LogP contribution < -0.4 is 5.73 Å². The first-order chi connectivity index (χ1) is 11.4. The predicted octanol–water partition coefficient (Wildman–Crippen LogP) is 5.93. The second kappa shape index (κ2) is 6.04. The highest BCUT2D eigenvalue weighted by molar-refractivity contribution is 5.89. The Labute approximate surface area is 138 Å². The molecule has 0 radical (unpaired) electrons. The number of nitrogen functional groups attached to an aromatic ring is 1. The summed E-state index contributed by atoms with van der Waals surface area (Å²) in [4.78, 5) is 0. The van der Waals surface area contributed by atoms with Crippen LogP contribution in [0.2, 0.25) is 0 Å². The number of hydrogen-bond donors (Lipinski definition) is 1. The smallest absolute Gasteiger partial charge is 0.398 e. The minimum absolute atomic E-state index is 0.562. The molecule has 1 nitrogen and oxygen atoms in total. The van der Waals surface area contributed by atoms with Gasteiger partial charge in [-0.2, -0.15) is 13.2 Å². The van der Waals surface area contributed by atoms with Crippen LogP contribution in [0.1, 0.15) is 11.1 Å². The van der Waals surface area contributed by atoms with Gasteiger partial charge in [0, 0.05) is 16.8 Å². The van der Waals surface area contributed by atoms with Crippen LogP contribution in [-0.2, 0) is 6.18 Å². The first-order valence-electron chi connectivity index (χ1n) is 7.49. The monoisotopic (exact) mass is 327 g/mol. The molecule has 0 saturated heterocycles. The highest BCUT2D eigenvalue weighted by Crippen LogP contribution is 2.37. The number of hydrogen-bond acceptors (Lipinski definition) is 1. The van der Waals surface area contributed by atoms with Crippen LogP contribution in [0.25, 0.3) is 22.3 Å². The molecule has 0 heterocycles. The lowest BCUT2D eigenvalue weighted by molar-refractivity contribution is -0.137. The summed E-state index contributed by atoms with van der Waals surface area (Å²) in [7, 11) is 0. The molecular formula is C20H16F3N. The standard InChI is InChI=1S/C20H16F3N/c1-13-11-17(14-5-3-2-4-6-14)19(24)18(12-13)15-7-9-16(10-8-15)20(21,22)23/h2-12H,24H2,1H3. The van der Waals surface area contributed by atoms with Crippen molar-refractivity contribution in [1.29, 1.82) is 0 Å². The average molecular weight is 327 g/mol. The number of rotatable bonds is 2. The van der Waals surface area contributed by atoms with Crippen molar-refractivity contribution in [2.24, 2.45) is 0 Å². The highest BCUT2D eigenvalue weighted by atomic mass is 19.4. The summed E-state index contributed by atoms with van der Waals surface area (Å²) >= 11 is 0. The highest BCUT2D eigenvalue weighted by Gasteiger charge is 2.30. The summed E-state index contributed by atoms with van der Waals surface area (Å²) in [6.07, 6.45) is -4.34. The maximum atomic E-state index is 12.7. The van der Waals surface area contributed by atoms with Crippen LogP contribution in [-0.4, -0.2) is 0 Å². The van der Waals surface area contributed by atoms with E-state index in [-0.39, 0.29) is 0 Å². The lowest BCUT2D eigenvalue weighted by atomic mass is 9.93. The fourth-order valence-corrected chi connectivity index (χ4v) is 2.73. The molecule has 24 heavy (non-hydrogen) atoms. The molecule has 0 aliphatic carbocycles. The van der Waals surface area contributed by atoms with Gasteiger partial charge in [0.1, 0.15) is 0 Å². The second-order valence-electron chi connectivity index (χ2n) is 5.71. The number of benzene rings is 3. The van der Waals surface area contributed by atoms with Crippen LogP contribution in [0, 0.1) is 6.92 Å². The predicted molar refractivity (Wildman–Crippen MR) is 91.5 cm³/mol. The van der Waals surface area contributed by atoms with Gasteiger partial charge in [-0.05, 0) is 47.9 Å². The summed E-state index contributed by atoms with van der Waals surface area (Å²) in [5.74, 6) is 0. The largest absolute Gasteiger partial charge is 0.416 e. The summed E-state index contributed by atoms with van der Waals surface area (Å²) in [5, 5.41) is 0. The minimum Gasteiger partial charge on any atom is -0.398 e. The quantitative estimate of drug-likeness (QED) is 0.580. The number of halogens is 3. The number of aryl methyl sites for hydroxylation is 1. The molecule has 0 aliphatic heterocycles. The van der Waals surface area contributed by atoms with E-state index < -0.39 is 11.7 Å². The van der Waals surface area contributed by atoms with Gasteiger partial charge in [-0.1, -0.05) is 42.5 Å². The van der Waals surface area contributed by atoms with Gasteiger partial charge < -0.3 is 5.73 Å². The van der Waals surface area contributed by atoms with E-state index in [0.29, 0.717) is 11.3 Å². The summed E-state index contributed by atoms with van der Waals surface area (Å²) in [6.45, 7) is 1.94. The summed E-state index contributed by atoms with van der Waals surface area (Å²) < 4.78 is 38.2. The van der Waals surface area contributed by atoms with E-state index in [9.17, 15) is 13.2 Å². The van der Waals surface area contributed by atoms with Crippen molar-refractivity contribution in [3.8, 4) is 22.3 Å². The molecule has 0 saturated carbocycles. The van der Waals surface area contributed by atoms with Gasteiger partial charge in [-0.15, -0.1) is 0 Å². The van der Waals surface area contributed by atoms with Gasteiger partial charge in [-0.3, -0.25) is 0 Å². The van der Waals surface area contributed by atoms with Crippen LogP contribution in [0.4, 0.5) is 18.9 Å². The van der Waals surface area contributed by atoms with E-state index in [2.05, 4.69) is 0 Å². The SMILES string of the molecule is Cc1cc(-c2ccccc2)c(N)c(-c2ccc(C(F)(F)F)cc2)c1. The minimum atomic E-state index is -4.34. The molecule has 2 N–H and O–H groups in total. The fraction of sp³-hybridized carbons (Fsp3) is 0.100. The van der Waals surface area contributed by atoms with Crippen molar-refractivity contribution in [1.82, 2.24) is 0 Å². The first-order valence-corrected chi connectivity index (χ1v) is 7.49. The third-order valence-corrected chi connectivity index (χ3v) is 3.93. The van der Waals surface area contributed by atoms with E-state index in [4.69, 9.17) is 5.73 Å². The van der Waals surface area contributed by atoms with Gasteiger partial charge in [0.2, 0.25) is 0 Å². The van der Waals surface area contributed by atoms with E-state index in [0.717, 1.165) is 34.4 Å². The second-order valence-corrected chi connectivity index (χ2v) is 5.71. The third kappa shape index (κ3) is 3.13. The molecule has 0 atom stereocenters. The van der Waals surface area contributed by atoms with Crippen molar-refractivity contribution in [2.45, 2.75) is 13.1 Å². The molecule has 0 aliphatic rings. The van der Waals surface area contributed by atoms with Gasteiger partial charge >= 0.3 is 6.18 Å². The van der Waals surface area contributed by atoms with Gasteiger partial charge in [0.05, 0.1) is 5.56 Å². The zero-order valence-corrected chi connectivity index (χ0v) is 13.1. The fourth-order valence-electron chi connectivity index (χ4n) is 2.73. The Bertz CT molecular complexity index is 851. The van der Waals surface area contributed by atoms with Crippen molar-refractivity contribution in [2.75, 3.05) is 5.73 Å². The Hall–Kier alpha value is -2.75. The zero-order chi connectivity index (χ0) is 17.3. The van der Waals surface area contributed by atoms with Crippen molar-refractivity contribution < 1.29 is 13.2 Å². The van der Waals surface area contributed by atoms with Crippen molar-refractivity contribution in [3.63, 3.8) is 0 Å². The molecule has 122 valence electrons. The lowest BCUT2D eigenvalue weighted by Gasteiger charge is -2.14. The number of nitrogens with two attached hydrogens (primary N) is 1. The summed E-state index contributed by atoms with van der Waals surface area (Å²) in [5.41, 5.74) is 10.5. The molecular weight excluding hydrogens is 311 g/mol. The van der Waals surface area contributed by atoms with Gasteiger partial charge in [0.25, 0.3) is 0 Å². The molecule has 0 amide bonds. The van der Waals surface area contributed by atoms with Crippen molar-refractivity contribution in [3.05, 3.63) is 77.9 Å². The van der Waals surface area contributed by atoms with Crippen LogP contribution in [0.3, 0.4) is 0 Å². The molecule has 0 spiro atoms. The van der Waals surface area contributed by atoms with Crippen LogP contribution >= 0.6 is 0 Å². The molecule has 3 aromatic rings. The molecule has 0 fully saturated rings. The third-order valence-electron chi connectivity index (χ3n) is 3.93. The molecule has 3 aromatic carbocycles. The number of alkyl halides is 3. The Balaban J connectivity index is 2.11. The zero-order valence-electron chi connectivity index (χ0n) is 13.1. The Morgan fingerprint density at radius 2 is 1.25 bits per heavy atom. The Morgan fingerprint density at radius 1 is 0.750 bits per heavy atom. The van der Waals surface area contributed by atoms with Gasteiger partial charge in [0.15, 0.2) is 0 Å². The van der Waals surface area contributed by atoms with Crippen LogP contribution in [0.15, 0.2) is 66.7 Å². The van der Waals surface area contributed by atoms with Crippen molar-refractivity contribution >= 4 is 5.69 Å². The molecule has 0 bridgehead atoms. The van der Waals surface area contributed by atoms with E-state index in [1.165, 1.54) is 12.1 Å². The Morgan fingerprint density at radius 3 is 1.75 bits per heavy atom. The first kappa shape index (κ1) is 16.1. The van der Waals surface area contributed by atoms with E-state index in [1.54, 1.807) is 0 Å². The van der Waals surface area contributed by atoms with E-state index in [1.807, 2.05) is 49.4 Å². The average Bonchev–Trinajstić information content (AvgIpc) is 2.57. The molecule has 0 unspecified atom stereocenters. The number of anilines is 1.